The fourth-order valence-corrected chi connectivity index (χ4v) is 4.34. The van der Waals surface area contributed by atoms with E-state index in [1.54, 1.807) is 26.8 Å². The van der Waals surface area contributed by atoms with Gasteiger partial charge in [-0.25, -0.2) is 19.4 Å². The number of carboxylic acids is 1. The molecule has 0 unspecified atom stereocenters. The van der Waals surface area contributed by atoms with Crippen molar-refractivity contribution in [2.75, 3.05) is 13.2 Å². The Balaban J connectivity index is 1.31. The molecule has 0 bridgehead atoms. The first kappa shape index (κ1) is 26.7. The van der Waals surface area contributed by atoms with Crippen molar-refractivity contribution >= 4 is 18.0 Å². The first-order chi connectivity index (χ1) is 18.1. The number of nitrogens with one attached hydrogen (secondary N) is 1. The quantitative estimate of drug-likeness (QED) is 0.401. The van der Waals surface area contributed by atoms with E-state index in [4.69, 9.17) is 14.2 Å². The van der Waals surface area contributed by atoms with Crippen LogP contribution in [-0.4, -0.2) is 53.0 Å². The molecule has 0 radical (unpaired) electrons. The molecule has 0 saturated carbocycles. The van der Waals surface area contributed by atoms with Crippen LogP contribution in [0.1, 0.15) is 43.4 Å². The number of benzene rings is 2. The minimum Gasteiger partial charge on any atom is -0.480 e. The van der Waals surface area contributed by atoms with Crippen LogP contribution in [-0.2, 0) is 25.5 Å². The van der Waals surface area contributed by atoms with E-state index in [1.165, 1.54) is 12.3 Å². The van der Waals surface area contributed by atoms with E-state index in [-0.39, 0.29) is 31.4 Å². The van der Waals surface area contributed by atoms with Crippen LogP contribution in [0.4, 0.5) is 4.79 Å². The Morgan fingerprint density at radius 3 is 2.16 bits per heavy atom. The molecular formula is C29H30N2O7. The van der Waals surface area contributed by atoms with Gasteiger partial charge in [-0.1, -0.05) is 54.6 Å². The fraction of sp³-hybridized carbons (Fsp3) is 0.310. The first-order valence-electron chi connectivity index (χ1n) is 12.2. The van der Waals surface area contributed by atoms with Gasteiger partial charge in [-0.15, -0.1) is 0 Å². The number of carbonyl (C=O) groups excluding carboxylic acids is 2. The Hall–Kier alpha value is -4.40. The van der Waals surface area contributed by atoms with Crippen LogP contribution in [0.15, 0.2) is 66.9 Å². The van der Waals surface area contributed by atoms with Crippen LogP contribution in [0.5, 0.6) is 5.88 Å². The van der Waals surface area contributed by atoms with Crippen molar-refractivity contribution in [1.82, 2.24) is 10.3 Å². The van der Waals surface area contributed by atoms with Crippen LogP contribution in [0.25, 0.3) is 11.1 Å². The summed E-state index contributed by atoms with van der Waals surface area (Å²) in [6, 6.07) is 17.8. The molecule has 4 rings (SSSR count). The van der Waals surface area contributed by atoms with Crippen molar-refractivity contribution in [3.05, 3.63) is 83.6 Å². The number of esters is 1. The van der Waals surface area contributed by atoms with Gasteiger partial charge < -0.3 is 24.6 Å². The van der Waals surface area contributed by atoms with Crippen molar-refractivity contribution in [3.8, 4) is 17.0 Å². The van der Waals surface area contributed by atoms with Crippen LogP contribution in [0.2, 0.25) is 0 Å². The molecule has 1 aromatic heterocycles. The van der Waals surface area contributed by atoms with E-state index < -0.39 is 29.7 Å². The molecule has 3 aromatic rings. The molecule has 1 heterocycles. The Labute approximate surface area is 220 Å². The van der Waals surface area contributed by atoms with Crippen LogP contribution >= 0.6 is 0 Å². The van der Waals surface area contributed by atoms with E-state index in [1.807, 2.05) is 48.5 Å². The molecule has 9 nitrogen and oxygen atoms in total. The molecule has 0 fully saturated rings. The number of rotatable bonds is 9. The monoisotopic (exact) mass is 518 g/mol. The van der Waals surface area contributed by atoms with Gasteiger partial charge in [-0.3, -0.25) is 0 Å². The van der Waals surface area contributed by atoms with Gasteiger partial charge in [-0.05, 0) is 48.6 Å². The summed E-state index contributed by atoms with van der Waals surface area (Å²) in [5.41, 5.74) is 4.27. The van der Waals surface area contributed by atoms with Crippen LogP contribution in [0, 0.1) is 0 Å². The van der Waals surface area contributed by atoms with Crippen molar-refractivity contribution in [2.45, 2.75) is 44.8 Å². The molecule has 1 amide bonds. The summed E-state index contributed by atoms with van der Waals surface area (Å²) >= 11 is 0. The highest BCUT2D eigenvalue weighted by molar-refractivity contribution is 5.81. The second-order valence-electron chi connectivity index (χ2n) is 9.94. The highest BCUT2D eigenvalue weighted by atomic mass is 16.6. The molecule has 2 N–H and O–H groups in total. The van der Waals surface area contributed by atoms with Gasteiger partial charge in [0, 0.05) is 24.6 Å². The lowest BCUT2D eigenvalue weighted by Gasteiger charge is -2.19. The van der Waals surface area contributed by atoms with Crippen molar-refractivity contribution in [3.63, 3.8) is 0 Å². The molecule has 0 spiro atoms. The number of alkyl carbamates (subject to hydrolysis) is 1. The number of hydrogen-bond acceptors (Lipinski definition) is 7. The van der Waals surface area contributed by atoms with E-state index in [9.17, 15) is 19.5 Å². The van der Waals surface area contributed by atoms with E-state index in [0.29, 0.717) is 5.56 Å². The molecule has 9 heteroatoms. The molecule has 2 aromatic carbocycles. The minimum atomic E-state index is -1.22. The maximum atomic E-state index is 12.6. The first-order valence-corrected chi connectivity index (χ1v) is 12.2. The predicted molar refractivity (Wildman–Crippen MR) is 139 cm³/mol. The van der Waals surface area contributed by atoms with Crippen molar-refractivity contribution in [2.24, 2.45) is 0 Å². The standard InChI is InChI=1S/C29H30N2O7/c1-29(2,3)38-26(32)17-36-25-13-12-18(15-30-25)14-24(27(33)34)31-28(35)37-16-23-21-10-6-4-8-19(21)20-9-5-7-11-22(20)23/h4-13,15,23-24H,14,16-17H2,1-3H3,(H,31,35)(H,33,34)/t24-/m1/s1. The van der Waals surface area contributed by atoms with Gasteiger partial charge in [0.05, 0.1) is 0 Å². The second kappa shape index (κ2) is 11.3. The van der Waals surface area contributed by atoms with Crippen LogP contribution < -0.4 is 10.1 Å². The average Bonchev–Trinajstić information content (AvgIpc) is 3.19. The van der Waals surface area contributed by atoms with Gasteiger partial charge in [0.1, 0.15) is 18.2 Å². The lowest BCUT2D eigenvalue weighted by Crippen LogP contribution is -2.42. The lowest BCUT2D eigenvalue weighted by molar-refractivity contribution is -0.157. The Morgan fingerprint density at radius 2 is 1.61 bits per heavy atom. The van der Waals surface area contributed by atoms with Crippen molar-refractivity contribution < 1.29 is 33.7 Å². The molecule has 1 atom stereocenters. The molecular weight excluding hydrogens is 488 g/mol. The van der Waals surface area contributed by atoms with E-state index >= 15 is 0 Å². The summed E-state index contributed by atoms with van der Waals surface area (Å²) in [5, 5.41) is 12.1. The zero-order chi connectivity index (χ0) is 27.3. The van der Waals surface area contributed by atoms with Crippen molar-refractivity contribution in [1.29, 1.82) is 0 Å². The number of carbonyl (C=O) groups is 3. The number of carboxylic acid groups (broad SMARTS) is 1. The maximum absolute atomic E-state index is 12.6. The largest absolute Gasteiger partial charge is 0.480 e. The Bertz CT molecular complexity index is 1270. The van der Waals surface area contributed by atoms with Gasteiger partial charge in [0.25, 0.3) is 0 Å². The second-order valence-corrected chi connectivity index (χ2v) is 9.94. The topological polar surface area (TPSA) is 124 Å². The van der Waals surface area contributed by atoms with Gasteiger partial charge in [0.2, 0.25) is 5.88 Å². The summed E-state index contributed by atoms with van der Waals surface area (Å²) in [4.78, 5) is 40.3. The molecule has 1 aliphatic carbocycles. The minimum absolute atomic E-state index is 0.0150. The number of fused-ring (bicyclic) bond motifs is 3. The summed E-state index contributed by atoms with van der Waals surface area (Å²) in [5.74, 6) is -1.67. The number of pyridine rings is 1. The fourth-order valence-electron chi connectivity index (χ4n) is 4.34. The predicted octanol–water partition coefficient (Wildman–Crippen LogP) is 4.34. The summed E-state index contributed by atoms with van der Waals surface area (Å²) in [7, 11) is 0. The van der Waals surface area contributed by atoms with E-state index in [0.717, 1.165) is 22.3 Å². The highest BCUT2D eigenvalue weighted by Gasteiger charge is 2.30. The third kappa shape index (κ3) is 6.67. The number of amides is 1. The van der Waals surface area contributed by atoms with Gasteiger partial charge >= 0.3 is 18.0 Å². The molecule has 38 heavy (non-hydrogen) atoms. The van der Waals surface area contributed by atoms with Crippen LogP contribution in [0.3, 0.4) is 0 Å². The number of nitrogens with zero attached hydrogens (tertiary/aromatic N) is 1. The van der Waals surface area contributed by atoms with Gasteiger partial charge in [0.15, 0.2) is 6.61 Å². The smallest absolute Gasteiger partial charge is 0.407 e. The van der Waals surface area contributed by atoms with Gasteiger partial charge in [-0.2, -0.15) is 0 Å². The SMILES string of the molecule is CC(C)(C)OC(=O)COc1ccc(C[C@@H](NC(=O)OCC2c3ccccc3-c3ccccc32)C(=O)O)cn1. The maximum Gasteiger partial charge on any atom is 0.407 e. The Morgan fingerprint density at radius 1 is 0.974 bits per heavy atom. The molecule has 0 aliphatic heterocycles. The third-order valence-electron chi connectivity index (χ3n) is 5.93. The normalized spacial score (nSPS) is 13.1. The summed E-state index contributed by atoms with van der Waals surface area (Å²) < 4.78 is 16.0. The molecule has 0 saturated heterocycles. The molecule has 1 aliphatic rings. The lowest BCUT2D eigenvalue weighted by atomic mass is 9.98. The number of hydrogen-bond donors (Lipinski definition) is 2. The summed E-state index contributed by atoms with van der Waals surface area (Å²) in [6.45, 7) is 5.05. The average molecular weight is 519 g/mol. The zero-order valence-electron chi connectivity index (χ0n) is 21.5. The zero-order valence-corrected chi connectivity index (χ0v) is 21.5. The number of ether oxygens (including phenoxy) is 3. The highest BCUT2D eigenvalue weighted by Crippen LogP contribution is 2.44. The number of aromatic nitrogens is 1. The third-order valence-corrected chi connectivity index (χ3v) is 5.93. The number of aliphatic carboxylic acids is 1. The van der Waals surface area contributed by atoms with E-state index in [2.05, 4.69) is 10.3 Å². The summed E-state index contributed by atoms with van der Waals surface area (Å²) in [6.07, 6.45) is 0.600. The molecule has 198 valence electrons. The Kier molecular flexibility index (Phi) is 7.95.